The van der Waals surface area contributed by atoms with Gasteiger partial charge >= 0.3 is 5.97 Å². The molecule has 0 radical (unpaired) electrons. The predicted octanol–water partition coefficient (Wildman–Crippen LogP) is 0.289. The summed E-state index contributed by atoms with van der Waals surface area (Å²) in [5.41, 5.74) is -1.10. The zero-order chi connectivity index (χ0) is 16.3. The number of carbonyl (C=O) groups is 1. The van der Waals surface area contributed by atoms with Crippen LogP contribution in [0.5, 0.6) is 0 Å². The number of hydrogen-bond donors (Lipinski definition) is 2. The van der Waals surface area contributed by atoms with Gasteiger partial charge in [-0.25, -0.2) is 18.2 Å². The first-order valence-corrected chi connectivity index (χ1v) is 7.59. The summed E-state index contributed by atoms with van der Waals surface area (Å²) in [7, 11) is -2.44. The fraction of sp³-hybridized carbons (Fsp3) is 0.154. The third kappa shape index (κ3) is 3.38. The van der Waals surface area contributed by atoms with Gasteiger partial charge in [-0.3, -0.25) is 4.79 Å². The van der Waals surface area contributed by atoms with E-state index in [1.807, 2.05) is 0 Å². The molecular weight excluding hydrogens is 310 g/mol. The maximum Gasteiger partial charge on any atom is 0.354 e. The number of nitrogens with zero attached hydrogens (tertiary/aromatic N) is 2. The highest BCUT2D eigenvalue weighted by Crippen LogP contribution is 2.14. The second-order valence-electron chi connectivity index (χ2n) is 4.46. The standard InChI is InChI=1S/C13H13N3O5S/c1-16(22(20,21)9-5-3-2-4-6-9)8-11-14-10(13(18)19)7-12(17)15-11/h2-7H,8H2,1H3,(H,18,19)(H,14,15,17). The van der Waals surface area contributed by atoms with Crippen LogP contribution in [0, 0.1) is 0 Å². The number of rotatable bonds is 5. The monoisotopic (exact) mass is 323 g/mol. The molecule has 9 heteroatoms. The van der Waals surface area contributed by atoms with E-state index in [-0.39, 0.29) is 17.3 Å². The molecule has 1 heterocycles. The molecule has 0 atom stereocenters. The van der Waals surface area contributed by atoms with E-state index in [1.54, 1.807) is 18.2 Å². The highest BCUT2D eigenvalue weighted by atomic mass is 32.2. The third-order valence-corrected chi connectivity index (χ3v) is 4.65. The van der Waals surface area contributed by atoms with Gasteiger partial charge in [0, 0.05) is 13.1 Å². The van der Waals surface area contributed by atoms with E-state index in [2.05, 4.69) is 9.97 Å². The molecule has 0 saturated heterocycles. The molecule has 2 rings (SSSR count). The summed E-state index contributed by atoms with van der Waals surface area (Å²) in [6, 6.07) is 8.58. The molecule has 22 heavy (non-hydrogen) atoms. The molecule has 0 unspecified atom stereocenters. The molecule has 2 N–H and O–H groups in total. The zero-order valence-electron chi connectivity index (χ0n) is 11.6. The summed E-state index contributed by atoms with van der Waals surface area (Å²) in [6.07, 6.45) is 0. The summed E-state index contributed by atoms with van der Waals surface area (Å²) >= 11 is 0. The molecule has 0 bridgehead atoms. The molecule has 0 aliphatic heterocycles. The van der Waals surface area contributed by atoms with E-state index in [0.717, 1.165) is 10.4 Å². The van der Waals surface area contributed by atoms with Crippen molar-refractivity contribution >= 4 is 16.0 Å². The van der Waals surface area contributed by atoms with Crippen LogP contribution in [-0.2, 0) is 16.6 Å². The van der Waals surface area contributed by atoms with Gasteiger partial charge in [0.25, 0.3) is 5.56 Å². The van der Waals surface area contributed by atoms with Gasteiger partial charge in [0.15, 0.2) is 5.69 Å². The third-order valence-electron chi connectivity index (χ3n) is 2.83. The van der Waals surface area contributed by atoms with Crippen molar-refractivity contribution in [1.29, 1.82) is 0 Å². The van der Waals surface area contributed by atoms with E-state index in [4.69, 9.17) is 5.11 Å². The molecule has 0 spiro atoms. The quantitative estimate of drug-likeness (QED) is 0.816. The minimum absolute atomic E-state index is 0.0492. The Morgan fingerprint density at radius 3 is 2.55 bits per heavy atom. The van der Waals surface area contributed by atoms with E-state index < -0.39 is 27.2 Å². The second-order valence-corrected chi connectivity index (χ2v) is 6.50. The highest BCUT2D eigenvalue weighted by Gasteiger charge is 2.21. The number of carboxylic acids is 1. The summed E-state index contributed by atoms with van der Waals surface area (Å²) < 4.78 is 25.6. The van der Waals surface area contributed by atoms with E-state index >= 15 is 0 Å². The van der Waals surface area contributed by atoms with Crippen molar-refractivity contribution < 1.29 is 18.3 Å². The summed E-state index contributed by atoms with van der Waals surface area (Å²) in [6.45, 7) is -0.256. The number of aromatic nitrogens is 2. The minimum Gasteiger partial charge on any atom is -0.477 e. The predicted molar refractivity (Wildman–Crippen MR) is 76.9 cm³/mol. The smallest absolute Gasteiger partial charge is 0.354 e. The maximum absolute atomic E-state index is 12.3. The lowest BCUT2D eigenvalue weighted by molar-refractivity contribution is 0.0689. The highest BCUT2D eigenvalue weighted by molar-refractivity contribution is 7.89. The molecular formula is C13H13N3O5S. The van der Waals surface area contributed by atoms with E-state index in [0.29, 0.717) is 0 Å². The van der Waals surface area contributed by atoms with Crippen LogP contribution in [0.1, 0.15) is 16.3 Å². The number of H-pyrrole nitrogens is 1. The Balaban J connectivity index is 2.31. The van der Waals surface area contributed by atoms with Crippen molar-refractivity contribution in [1.82, 2.24) is 14.3 Å². The van der Waals surface area contributed by atoms with Crippen molar-refractivity contribution in [3.8, 4) is 0 Å². The number of nitrogens with one attached hydrogen (secondary N) is 1. The van der Waals surface area contributed by atoms with Crippen molar-refractivity contribution in [2.24, 2.45) is 0 Å². The molecule has 0 fully saturated rings. The molecule has 0 aliphatic carbocycles. The van der Waals surface area contributed by atoms with Crippen LogP contribution in [0.4, 0.5) is 0 Å². The fourth-order valence-corrected chi connectivity index (χ4v) is 2.91. The van der Waals surface area contributed by atoms with Gasteiger partial charge in [-0.2, -0.15) is 4.31 Å². The Hall–Kier alpha value is -2.52. The Bertz CT molecular complexity index is 845. The molecule has 0 saturated carbocycles. The van der Waals surface area contributed by atoms with Crippen LogP contribution in [-0.4, -0.2) is 40.8 Å². The van der Waals surface area contributed by atoms with Crippen LogP contribution in [0.25, 0.3) is 0 Å². The lowest BCUT2D eigenvalue weighted by Gasteiger charge is -2.16. The average Bonchev–Trinajstić information content (AvgIpc) is 2.47. The van der Waals surface area contributed by atoms with Gasteiger partial charge in [-0.15, -0.1) is 0 Å². The topological polar surface area (TPSA) is 120 Å². The number of aromatic carboxylic acids is 1. The fourth-order valence-electron chi connectivity index (χ4n) is 1.76. The Labute approximate surface area is 126 Å². The first-order chi connectivity index (χ1) is 10.3. The van der Waals surface area contributed by atoms with Gasteiger partial charge < -0.3 is 10.1 Å². The van der Waals surface area contributed by atoms with Crippen molar-refractivity contribution in [2.75, 3.05) is 7.05 Å². The van der Waals surface area contributed by atoms with Crippen molar-refractivity contribution in [3.63, 3.8) is 0 Å². The molecule has 1 aromatic heterocycles. The van der Waals surface area contributed by atoms with Gasteiger partial charge in [-0.1, -0.05) is 18.2 Å². The summed E-state index contributed by atoms with van der Waals surface area (Å²) in [5.74, 6) is -1.41. The maximum atomic E-state index is 12.3. The van der Waals surface area contributed by atoms with Crippen LogP contribution < -0.4 is 5.56 Å². The summed E-state index contributed by atoms with van der Waals surface area (Å²) in [4.78, 5) is 28.4. The average molecular weight is 323 g/mol. The molecule has 8 nitrogen and oxygen atoms in total. The van der Waals surface area contributed by atoms with Crippen LogP contribution in [0.15, 0.2) is 46.1 Å². The normalized spacial score (nSPS) is 11.5. The summed E-state index contributed by atoms with van der Waals surface area (Å²) in [5, 5.41) is 8.86. The number of aromatic amines is 1. The molecule has 116 valence electrons. The van der Waals surface area contributed by atoms with Crippen molar-refractivity contribution in [3.05, 3.63) is 58.3 Å². The lowest BCUT2D eigenvalue weighted by Crippen LogP contribution is -2.29. The van der Waals surface area contributed by atoms with Gasteiger partial charge in [0.1, 0.15) is 5.82 Å². The molecule has 2 aromatic rings. The van der Waals surface area contributed by atoms with Gasteiger partial charge in [0.2, 0.25) is 10.0 Å². The first-order valence-electron chi connectivity index (χ1n) is 6.15. The Kier molecular flexibility index (Phi) is 4.38. The van der Waals surface area contributed by atoms with Crippen LogP contribution in [0.3, 0.4) is 0 Å². The van der Waals surface area contributed by atoms with Gasteiger partial charge in [0.05, 0.1) is 11.4 Å². The minimum atomic E-state index is -3.76. The molecule has 1 aromatic carbocycles. The number of benzene rings is 1. The van der Waals surface area contributed by atoms with E-state index in [9.17, 15) is 18.0 Å². The number of hydrogen-bond acceptors (Lipinski definition) is 5. The number of carboxylic acid groups (broad SMARTS) is 1. The Morgan fingerprint density at radius 2 is 1.95 bits per heavy atom. The second kappa shape index (κ2) is 6.08. The Morgan fingerprint density at radius 1 is 1.32 bits per heavy atom. The SMILES string of the molecule is CN(Cc1nc(C(=O)O)cc(=O)[nH]1)S(=O)(=O)c1ccccc1. The van der Waals surface area contributed by atoms with Gasteiger partial charge in [-0.05, 0) is 12.1 Å². The molecule has 0 amide bonds. The van der Waals surface area contributed by atoms with Crippen molar-refractivity contribution in [2.45, 2.75) is 11.4 Å². The van der Waals surface area contributed by atoms with E-state index in [1.165, 1.54) is 19.2 Å². The van der Waals surface area contributed by atoms with Crippen LogP contribution in [0.2, 0.25) is 0 Å². The molecule has 0 aliphatic rings. The largest absolute Gasteiger partial charge is 0.477 e. The zero-order valence-corrected chi connectivity index (χ0v) is 12.4. The van der Waals surface area contributed by atoms with Crippen LogP contribution >= 0.6 is 0 Å². The number of sulfonamides is 1. The first kappa shape index (κ1) is 15.9. The lowest BCUT2D eigenvalue weighted by atomic mass is 10.4.